The average Bonchev–Trinajstić information content (AvgIpc) is 2.92. The average molecular weight is 249 g/mol. The molecule has 0 amide bonds. The van der Waals surface area contributed by atoms with Crippen molar-refractivity contribution in [1.82, 2.24) is 5.32 Å². The Morgan fingerprint density at radius 3 is 2.72 bits per heavy atom. The van der Waals surface area contributed by atoms with Gasteiger partial charge in [0.05, 0.1) is 11.7 Å². The van der Waals surface area contributed by atoms with Gasteiger partial charge >= 0.3 is 7.12 Å². The predicted octanol–water partition coefficient (Wildman–Crippen LogP) is 2.01. The molecular formula is C14H24BNO2. The Bertz CT molecular complexity index is 369. The second-order valence-electron chi connectivity index (χ2n) is 7.54. The minimum Gasteiger partial charge on any atom is -0.404 e. The fraction of sp³-hybridized carbons (Fsp3) is 1.00. The van der Waals surface area contributed by atoms with Crippen LogP contribution in [0.3, 0.4) is 0 Å². The molecule has 18 heavy (non-hydrogen) atoms. The molecule has 0 spiro atoms. The Hall–Kier alpha value is -0.0551. The highest BCUT2D eigenvalue weighted by molar-refractivity contribution is 6.47. The summed E-state index contributed by atoms with van der Waals surface area (Å²) in [5.41, 5.74) is 0.416. The summed E-state index contributed by atoms with van der Waals surface area (Å²) in [6.45, 7) is 8.25. The van der Waals surface area contributed by atoms with Gasteiger partial charge in [-0.3, -0.25) is 0 Å². The minimum absolute atomic E-state index is 0.00218. The van der Waals surface area contributed by atoms with Crippen LogP contribution in [-0.2, 0) is 9.31 Å². The van der Waals surface area contributed by atoms with Crippen molar-refractivity contribution in [2.75, 3.05) is 6.54 Å². The molecular weight excluding hydrogens is 225 g/mol. The molecule has 3 nitrogen and oxygen atoms in total. The number of nitrogens with one attached hydrogen (secondary N) is 1. The first-order valence-electron chi connectivity index (χ1n) is 7.58. The second-order valence-corrected chi connectivity index (χ2v) is 7.54. The van der Waals surface area contributed by atoms with Gasteiger partial charge in [-0.15, -0.1) is 0 Å². The lowest BCUT2D eigenvalue weighted by molar-refractivity contribution is -0.199. The van der Waals surface area contributed by atoms with Crippen molar-refractivity contribution in [3.05, 3.63) is 0 Å². The zero-order chi connectivity index (χ0) is 12.5. The van der Waals surface area contributed by atoms with Crippen LogP contribution in [0.25, 0.3) is 0 Å². The van der Waals surface area contributed by atoms with Gasteiger partial charge in [0.25, 0.3) is 0 Å². The van der Waals surface area contributed by atoms with Crippen LogP contribution in [-0.4, -0.2) is 31.3 Å². The lowest BCUT2D eigenvalue weighted by Crippen LogP contribution is -2.65. The topological polar surface area (TPSA) is 30.5 Å². The molecule has 3 aliphatic carbocycles. The van der Waals surface area contributed by atoms with E-state index in [-0.39, 0.29) is 12.7 Å². The number of hydrogen-bond donors (Lipinski definition) is 1. The van der Waals surface area contributed by atoms with Gasteiger partial charge in [0, 0.05) is 5.94 Å². The molecule has 4 heteroatoms. The third-order valence-electron chi connectivity index (χ3n) is 6.40. The normalized spacial score (nSPS) is 53.2. The van der Waals surface area contributed by atoms with Crippen LogP contribution in [0.1, 0.15) is 46.5 Å². The molecule has 5 rings (SSSR count). The van der Waals surface area contributed by atoms with Crippen LogP contribution in [0, 0.1) is 17.3 Å². The van der Waals surface area contributed by atoms with E-state index in [4.69, 9.17) is 9.31 Å². The van der Waals surface area contributed by atoms with Crippen molar-refractivity contribution < 1.29 is 9.31 Å². The number of rotatable bonds is 1. The first-order chi connectivity index (χ1) is 8.52. The smallest absolute Gasteiger partial charge is 0.404 e. The van der Waals surface area contributed by atoms with Crippen molar-refractivity contribution in [2.24, 2.45) is 17.3 Å². The molecule has 2 saturated heterocycles. The van der Waals surface area contributed by atoms with E-state index in [2.05, 4.69) is 26.1 Å². The van der Waals surface area contributed by atoms with Crippen LogP contribution in [0.5, 0.6) is 0 Å². The van der Waals surface area contributed by atoms with Crippen molar-refractivity contribution >= 4 is 7.12 Å². The largest absolute Gasteiger partial charge is 0.475 e. The minimum atomic E-state index is -0.0345. The molecule has 5 atom stereocenters. The number of hydrogen-bond acceptors (Lipinski definition) is 3. The highest BCUT2D eigenvalue weighted by Crippen LogP contribution is 2.65. The van der Waals surface area contributed by atoms with Gasteiger partial charge in [-0.2, -0.15) is 0 Å². The van der Waals surface area contributed by atoms with Gasteiger partial charge in [0.2, 0.25) is 0 Å². The summed E-state index contributed by atoms with van der Waals surface area (Å²) in [5.74, 6) is 1.95. The third kappa shape index (κ3) is 1.32. The van der Waals surface area contributed by atoms with Gasteiger partial charge < -0.3 is 14.6 Å². The van der Waals surface area contributed by atoms with E-state index in [9.17, 15) is 0 Å². The van der Waals surface area contributed by atoms with Crippen molar-refractivity contribution in [3.8, 4) is 0 Å². The summed E-state index contributed by atoms with van der Waals surface area (Å²) in [5, 5.41) is 3.52. The molecule has 5 fully saturated rings. The Balaban J connectivity index is 1.57. The molecule has 100 valence electrons. The summed E-state index contributed by atoms with van der Waals surface area (Å²) in [6.07, 6.45) is 5.33. The fourth-order valence-corrected chi connectivity index (χ4v) is 5.01. The summed E-state index contributed by atoms with van der Waals surface area (Å²) in [7, 11) is -0.00218. The third-order valence-corrected chi connectivity index (χ3v) is 6.40. The van der Waals surface area contributed by atoms with Crippen LogP contribution >= 0.6 is 0 Å². The fourth-order valence-electron chi connectivity index (χ4n) is 5.01. The monoisotopic (exact) mass is 249 g/mol. The second kappa shape index (κ2) is 3.53. The SMILES string of the molecule is CC1(C)[C@@H]2C[C@H]3OB([C@H]4CCCN4)O[C@@]3(C)[C@H]1C2. The molecule has 2 heterocycles. The van der Waals surface area contributed by atoms with E-state index in [1.807, 2.05) is 0 Å². The van der Waals surface area contributed by atoms with Crippen LogP contribution < -0.4 is 5.32 Å². The van der Waals surface area contributed by atoms with Gasteiger partial charge in [-0.05, 0) is 56.4 Å². The van der Waals surface area contributed by atoms with Crippen molar-refractivity contribution in [3.63, 3.8) is 0 Å². The van der Waals surface area contributed by atoms with Crippen molar-refractivity contribution in [1.29, 1.82) is 0 Å². The molecule has 0 aromatic carbocycles. The summed E-state index contributed by atoms with van der Waals surface area (Å²) in [4.78, 5) is 0. The standard InChI is InChI=1S/C14H24BNO2/c1-13(2)9-7-10(13)14(3)11(8-9)17-15(18-14)12-5-4-6-16-12/h9-12,16H,4-8H2,1-3H3/t9-,10-,11+,12+,14-/m0/s1. The predicted molar refractivity (Wildman–Crippen MR) is 71.1 cm³/mol. The lowest BCUT2D eigenvalue weighted by Gasteiger charge is -2.64. The molecule has 0 unspecified atom stereocenters. The molecule has 0 aromatic rings. The first-order valence-corrected chi connectivity index (χ1v) is 7.58. The highest BCUT2D eigenvalue weighted by atomic mass is 16.7. The van der Waals surface area contributed by atoms with E-state index in [1.54, 1.807) is 0 Å². The molecule has 1 N–H and O–H groups in total. The quantitative estimate of drug-likeness (QED) is 0.721. The Morgan fingerprint density at radius 2 is 2.06 bits per heavy atom. The molecule has 2 bridgehead atoms. The van der Waals surface area contributed by atoms with E-state index in [0.29, 0.717) is 23.4 Å². The van der Waals surface area contributed by atoms with E-state index in [0.717, 1.165) is 12.5 Å². The van der Waals surface area contributed by atoms with Crippen LogP contribution in [0.4, 0.5) is 0 Å². The van der Waals surface area contributed by atoms with Gasteiger partial charge in [-0.1, -0.05) is 13.8 Å². The maximum absolute atomic E-state index is 6.44. The Labute approximate surface area is 110 Å². The molecule has 2 aliphatic heterocycles. The Kier molecular flexibility index (Phi) is 2.30. The van der Waals surface area contributed by atoms with Gasteiger partial charge in [-0.25, -0.2) is 0 Å². The summed E-state index contributed by atoms with van der Waals surface area (Å²) < 4.78 is 12.7. The van der Waals surface area contributed by atoms with Gasteiger partial charge in [0.15, 0.2) is 0 Å². The van der Waals surface area contributed by atoms with Crippen LogP contribution in [0.2, 0.25) is 0 Å². The first kappa shape index (κ1) is 11.7. The van der Waals surface area contributed by atoms with E-state index < -0.39 is 0 Å². The molecule has 5 aliphatic rings. The lowest BCUT2D eigenvalue weighted by atomic mass is 9.43. The Morgan fingerprint density at radius 1 is 1.22 bits per heavy atom. The molecule has 0 aromatic heterocycles. The molecule has 3 saturated carbocycles. The van der Waals surface area contributed by atoms with Crippen LogP contribution in [0.15, 0.2) is 0 Å². The zero-order valence-electron chi connectivity index (χ0n) is 11.7. The summed E-state index contributed by atoms with van der Waals surface area (Å²) >= 11 is 0. The maximum Gasteiger partial charge on any atom is 0.475 e. The van der Waals surface area contributed by atoms with E-state index in [1.165, 1.54) is 25.7 Å². The highest BCUT2D eigenvalue weighted by Gasteiger charge is 2.68. The zero-order valence-corrected chi connectivity index (χ0v) is 11.7. The maximum atomic E-state index is 6.44. The van der Waals surface area contributed by atoms with Crippen molar-refractivity contribution in [2.45, 2.75) is 64.1 Å². The molecule has 0 radical (unpaired) electrons. The summed E-state index contributed by atoms with van der Waals surface area (Å²) in [6, 6.07) is 0. The van der Waals surface area contributed by atoms with Gasteiger partial charge in [0.1, 0.15) is 0 Å². The van der Waals surface area contributed by atoms with E-state index >= 15 is 0 Å².